The Kier molecular flexibility index (Phi) is 2.14. The van der Waals surface area contributed by atoms with Gasteiger partial charge in [0.1, 0.15) is 11.9 Å². The fraction of sp³-hybridized carbons (Fsp3) is 0.364. The summed E-state index contributed by atoms with van der Waals surface area (Å²) in [5.41, 5.74) is 7.53. The third kappa shape index (κ3) is 1.45. The summed E-state index contributed by atoms with van der Waals surface area (Å²) in [6, 6.07) is 7.62. The number of hydrogen-bond donors (Lipinski definition) is 1. The van der Waals surface area contributed by atoms with E-state index in [9.17, 15) is 0 Å². The number of fused-ring (bicyclic) bond motifs is 1. The molecule has 2 N–H and O–H groups in total. The molecule has 1 aromatic carbocycles. The molecule has 0 saturated heterocycles. The van der Waals surface area contributed by atoms with E-state index in [-0.39, 0.29) is 12.1 Å². The monoisotopic (exact) mass is 188 g/mol. The topological polar surface area (TPSA) is 59.0 Å². The lowest BCUT2D eigenvalue weighted by Gasteiger charge is -2.13. The average molecular weight is 188 g/mol. The van der Waals surface area contributed by atoms with Crippen LogP contribution in [0.15, 0.2) is 18.2 Å². The first kappa shape index (κ1) is 9.04. The zero-order chi connectivity index (χ0) is 10.1. The lowest BCUT2D eigenvalue weighted by Crippen LogP contribution is -2.34. The number of rotatable bonds is 1. The maximum Gasteiger partial charge on any atom is 0.123 e. The normalized spacial score (nSPS) is 20.8. The van der Waals surface area contributed by atoms with E-state index in [0.717, 1.165) is 17.7 Å². The van der Waals surface area contributed by atoms with Crippen molar-refractivity contribution in [2.24, 2.45) is 5.73 Å². The van der Waals surface area contributed by atoms with Gasteiger partial charge in [0.15, 0.2) is 0 Å². The van der Waals surface area contributed by atoms with Crippen molar-refractivity contribution in [2.75, 3.05) is 0 Å². The molecule has 0 amide bonds. The Balaban J connectivity index is 2.28. The summed E-state index contributed by atoms with van der Waals surface area (Å²) in [5.74, 6) is 0.867. The number of nitrogens with two attached hydrogens (primary N) is 1. The minimum atomic E-state index is 0.0212. The van der Waals surface area contributed by atoms with E-state index in [1.54, 1.807) is 6.07 Å². The molecule has 1 aromatic rings. The molecular weight excluding hydrogens is 176 g/mol. The van der Waals surface area contributed by atoms with Crippen molar-refractivity contribution in [3.63, 3.8) is 0 Å². The molecule has 14 heavy (non-hydrogen) atoms. The summed E-state index contributed by atoms with van der Waals surface area (Å²) >= 11 is 0. The van der Waals surface area contributed by atoms with Crippen LogP contribution in [0.2, 0.25) is 0 Å². The number of nitriles is 1. The summed E-state index contributed by atoms with van der Waals surface area (Å²) in [4.78, 5) is 0. The Hall–Kier alpha value is -1.53. The minimum Gasteiger partial charge on any atom is -0.488 e. The van der Waals surface area contributed by atoms with Gasteiger partial charge in [-0.3, -0.25) is 0 Å². The minimum absolute atomic E-state index is 0.0212. The van der Waals surface area contributed by atoms with Gasteiger partial charge in [-0.15, -0.1) is 0 Å². The third-order valence-corrected chi connectivity index (χ3v) is 2.48. The molecule has 1 aliphatic heterocycles. The summed E-state index contributed by atoms with van der Waals surface area (Å²) in [6.45, 7) is 1.93. The van der Waals surface area contributed by atoms with Crippen molar-refractivity contribution in [2.45, 2.75) is 25.5 Å². The molecule has 3 nitrogen and oxygen atoms in total. The molecule has 3 heteroatoms. The molecule has 0 aliphatic carbocycles. The fourth-order valence-electron chi connectivity index (χ4n) is 1.64. The highest BCUT2D eigenvalue weighted by Crippen LogP contribution is 2.30. The highest BCUT2D eigenvalue weighted by atomic mass is 16.5. The van der Waals surface area contributed by atoms with E-state index >= 15 is 0 Å². The second kappa shape index (κ2) is 3.32. The Morgan fingerprint density at radius 1 is 1.64 bits per heavy atom. The first-order chi connectivity index (χ1) is 6.70. The average Bonchev–Trinajstić information content (AvgIpc) is 2.59. The first-order valence-corrected chi connectivity index (χ1v) is 4.66. The molecule has 1 heterocycles. The molecule has 0 spiro atoms. The fourth-order valence-corrected chi connectivity index (χ4v) is 1.64. The molecular formula is C11H12N2O. The van der Waals surface area contributed by atoms with Crippen LogP contribution in [0.4, 0.5) is 0 Å². The summed E-state index contributed by atoms with van der Waals surface area (Å²) in [6.07, 6.45) is 0.863. The lowest BCUT2D eigenvalue weighted by molar-refractivity contribution is 0.206. The van der Waals surface area contributed by atoms with Crippen molar-refractivity contribution < 1.29 is 4.74 Å². The van der Waals surface area contributed by atoms with Crippen LogP contribution >= 0.6 is 0 Å². The number of benzene rings is 1. The van der Waals surface area contributed by atoms with Crippen molar-refractivity contribution in [3.05, 3.63) is 29.3 Å². The molecule has 2 atom stereocenters. The molecule has 1 aliphatic rings. The molecule has 0 radical (unpaired) electrons. The zero-order valence-corrected chi connectivity index (χ0v) is 8.03. The largest absolute Gasteiger partial charge is 0.488 e. The van der Waals surface area contributed by atoms with Gasteiger partial charge in [0.05, 0.1) is 11.6 Å². The Labute approximate surface area is 83.1 Å². The van der Waals surface area contributed by atoms with Gasteiger partial charge in [-0.25, -0.2) is 0 Å². The molecule has 2 rings (SSSR count). The lowest BCUT2D eigenvalue weighted by atomic mass is 10.0. The summed E-state index contributed by atoms with van der Waals surface area (Å²) < 4.78 is 5.63. The Bertz CT molecular complexity index is 393. The number of ether oxygens (including phenoxy) is 1. The van der Waals surface area contributed by atoms with Crippen LogP contribution in [0.5, 0.6) is 5.75 Å². The van der Waals surface area contributed by atoms with Crippen LogP contribution in [0.3, 0.4) is 0 Å². The molecule has 0 aromatic heterocycles. The van der Waals surface area contributed by atoms with Gasteiger partial charge in [0, 0.05) is 12.5 Å². The van der Waals surface area contributed by atoms with Gasteiger partial charge >= 0.3 is 0 Å². The molecule has 0 fully saturated rings. The molecule has 0 bridgehead atoms. The predicted molar refractivity (Wildman–Crippen MR) is 52.9 cm³/mol. The summed E-state index contributed by atoms with van der Waals surface area (Å²) in [7, 11) is 0. The Morgan fingerprint density at radius 3 is 3.07 bits per heavy atom. The summed E-state index contributed by atoms with van der Waals surface area (Å²) in [5, 5.41) is 8.73. The van der Waals surface area contributed by atoms with E-state index in [1.165, 1.54) is 0 Å². The van der Waals surface area contributed by atoms with Crippen molar-refractivity contribution in [1.29, 1.82) is 5.26 Å². The van der Waals surface area contributed by atoms with Crippen LogP contribution < -0.4 is 10.5 Å². The SMILES string of the molecule is CC(N)C1Cc2cc(C#N)ccc2O1. The molecule has 0 saturated carbocycles. The van der Waals surface area contributed by atoms with Gasteiger partial charge in [0.2, 0.25) is 0 Å². The molecule has 2 unspecified atom stereocenters. The molecule has 72 valence electrons. The van der Waals surface area contributed by atoms with Crippen LogP contribution in [-0.2, 0) is 6.42 Å². The van der Waals surface area contributed by atoms with Crippen LogP contribution in [0, 0.1) is 11.3 Å². The van der Waals surface area contributed by atoms with E-state index in [4.69, 9.17) is 15.7 Å². The van der Waals surface area contributed by atoms with Crippen molar-refractivity contribution in [3.8, 4) is 11.8 Å². The highest BCUT2D eigenvalue weighted by molar-refractivity contribution is 5.44. The zero-order valence-electron chi connectivity index (χ0n) is 8.03. The highest BCUT2D eigenvalue weighted by Gasteiger charge is 2.25. The van der Waals surface area contributed by atoms with Gasteiger partial charge in [-0.05, 0) is 30.7 Å². The van der Waals surface area contributed by atoms with Crippen molar-refractivity contribution in [1.82, 2.24) is 0 Å². The van der Waals surface area contributed by atoms with Gasteiger partial charge in [-0.2, -0.15) is 5.26 Å². The second-order valence-corrected chi connectivity index (χ2v) is 3.65. The van der Waals surface area contributed by atoms with Crippen molar-refractivity contribution >= 4 is 0 Å². The third-order valence-electron chi connectivity index (χ3n) is 2.48. The smallest absolute Gasteiger partial charge is 0.123 e. The maximum absolute atomic E-state index is 8.73. The van der Waals surface area contributed by atoms with E-state index in [0.29, 0.717) is 5.56 Å². The standard InChI is InChI=1S/C11H12N2O/c1-7(13)11-5-9-4-8(6-12)2-3-10(9)14-11/h2-4,7,11H,5,13H2,1H3. The van der Waals surface area contributed by atoms with E-state index in [1.807, 2.05) is 19.1 Å². The van der Waals surface area contributed by atoms with E-state index in [2.05, 4.69) is 6.07 Å². The second-order valence-electron chi connectivity index (χ2n) is 3.65. The first-order valence-electron chi connectivity index (χ1n) is 4.66. The van der Waals surface area contributed by atoms with Crippen LogP contribution in [0.25, 0.3) is 0 Å². The van der Waals surface area contributed by atoms with Crippen LogP contribution in [0.1, 0.15) is 18.1 Å². The number of hydrogen-bond acceptors (Lipinski definition) is 3. The van der Waals surface area contributed by atoms with Crippen LogP contribution in [-0.4, -0.2) is 12.1 Å². The Morgan fingerprint density at radius 2 is 2.43 bits per heavy atom. The van der Waals surface area contributed by atoms with Gasteiger partial charge in [0.25, 0.3) is 0 Å². The maximum atomic E-state index is 8.73. The van der Waals surface area contributed by atoms with Gasteiger partial charge < -0.3 is 10.5 Å². The van der Waals surface area contributed by atoms with E-state index < -0.39 is 0 Å². The number of nitrogens with zero attached hydrogens (tertiary/aromatic N) is 1. The predicted octanol–water partition coefficient (Wildman–Crippen LogP) is 1.21. The van der Waals surface area contributed by atoms with Gasteiger partial charge in [-0.1, -0.05) is 0 Å². The quantitative estimate of drug-likeness (QED) is 0.720.